The van der Waals surface area contributed by atoms with E-state index in [-0.39, 0.29) is 0 Å². The molecule has 0 bridgehead atoms. The van der Waals surface area contributed by atoms with E-state index in [4.69, 9.17) is 11.6 Å². The Morgan fingerprint density at radius 2 is 2.27 bits per heavy atom. The highest BCUT2D eigenvalue weighted by molar-refractivity contribution is 9.10. The van der Waals surface area contributed by atoms with E-state index >= 15 is 0 Å². The number of hydrogen-bond acceptors (Lipinski definition) is 3. The molecule has 2 aromatic heterocycles. The Kier molecular flexibility index (Phi) is 3.52. The molecule has 0 radical (unpaired) electrons. The van der Waals surface area contributed by atoms with Crippen molar-refractivity contribution in [3.8, 4) is 0 Å². The molecule has 2 aromatic rings. The van der Waals surface area contributed by atoms with Crippen LogP contribution in [0.1, 0.15) is 21.4 Å². The van der Waals surface area contributed by atoms with E-state index < -0.39 is 6.10 Å². The van der Waals surface area contributed by atoms with Crippen LogP contribution in [0.25, 0.3) is 0 Å². The molecule has 1 N–H and O–H groups in total. The number of halogens is 2. The molecule has 1 atom stereocenters. The molecule has 0 aliphatic heterocycles. The fourth-order valence-corrected chi connectivity index (χ4v) is 4.13. The van der Waals surface area contributed by atoms with Crippen LogP contribution in [0.2, 0.25) is 4.34 Å². The first kappa shape index (κ1) is 11.6. The van der Waals surface area contributed by atoms with E-state index in [1.165, 1.54) is 22.7 Å². The number of thiophene rings is 2. The summed E-state index contributed by atoms with van der Waals surface area (Å²) >= 11 is 12.4. The van der Waals surface area contributed by atoms with Crippen molar-refractivity contribution in [2.24, 2.45) is 0 Å². The molecular formula is C10H8BrClOS2. The van der Waals surface area contributed by atoms with E-state index in [0.29, 0.717) is 0 Å². The molecule has 15 heavy (non-hydrogen) atoms. The van der Waals surface area contributed by atoms with Gasteiger partial charge in [0.25, 0.3) is 0 Å². The van der Waals surface area contributed by atoms with Crippen LogP contribution in [0.5, 0.6) is 0 Å². The Hall–Kier alpha value is 0.130. The zero-order valence-corrected chi connectivity index (χ0v) is 11.8. The summed E-state index contributed by atoms with van der Waals surface area (Å²) in [5.74, 6) is 0. The molecule has 0 saturated carbocycles. The summed E-state index contributed by atoms with van der Waals surface area (Å²) in [6.45, 7) is 1.94. The minimum Gasteiger partial charge on any atom is -0.382 e. The summed E-state index contributed by atoms with van der Waals surface area (Å²) < 4.78 is 1.69. The van der Waals surface area contributed by atoms with Gasteiger partial charge in [-0.25, -0.2) is 0 Å². The third-order valence-electron chi connectivity index (χ3n) is 2.04. The monoisotopic (exact) mass is 322 g/mol. The first-order valence-electron chi connectivity index (χ1n) is 4.26. The maximum atomic E-state index is 10.1. The van der Waals surface area contributed by atoms with Gasteiger partial charge in [0.15, 0.2) is 0 Å². The SMILES string of the molecule is Cc1cc(C(O)c2sccc2Br)sc1Cl. The van der Waals surface area contributed by atoms with Gasteiger partial charge in [0.1, 0.15) is 6.10 Å². The molecule has 2 rings (SSSR count). The Morgan fingerprint density at radius 1 is 1.53 bits per heavy atom. The molecule has 0 spiro atoms. The highest BCUT2D eigenvalue weighted by Crippen LogP contribution is 2.38. The van der Waals surface area contributed by atoms with Crippen LogP contribution in [-0.2, 0) is 0 Å². The second kappa shape index (κ2) is 4.55. The third kappa shape index (κ3) is 2.29. The normalized spacial score (nSPS) is 13.1. The first-order valence-corrected chi connectivity index (χ1v) is 7.13. The van der Waals surface area contributed by atoms with Crippen LogP contribution < -0.4 is 0 Å². The molecule has 1 nitrogen and oxygen atoms in total. The van der Waals surface area contributed by atoms with E-state index in [1.54, 1.807) is 0 Å². The van der Waals surface area contributed by atoms with Gasteiger partial charge in [-0.05, 0) is 45.9 Å². The largest absolute Gasteiger partial charge is 0.382 e. The van der Waals surface area contributed by atoms with Gasteiger partial charge in [-0.3, -0.25) is 0 Å². The highest BCUT2D eigenvalue weighted by atomic mass is 79.9. The van der Waals surface area contributed by atoms with Crippen molar-refractivity contribution in [3.63, 3.8) is 0 Å². The molecule has 0 amide bonds. The number of rotatable bonds is 2. The lowest BCUT2D eigenvalue weighted by Crippen LogP contribution is -1.94. The molecule has 80 valence electrons. The molecule has 0 fully saturated rings. The van der Waals surface area contributed by atoms with Crippen molar-refractivity contribution in [2.75, 3.05) is 0 Å². The lowest BCUT2D eigenvalue weighted by molar-refractivity contribution is 0.227. The average molecular weight is 324 g/mol. The number of hydrogen-bond donors (Lipinski definition) is 1. The lowest BCUT2D eigenvalue weighted by atomic mass is 10.2. The van der Waals surface area contributed by atoms with Crippen molar-refractivity contribution in [2.45, 2.75) is 13.0 Å². The van der Waals surface area contributed by atoms with Gasteiger partial charge in [-0.2, -0.15) is 0 Å². The molecule has 5 heteroatoms. The quantitative estimate of drug-likeness (QED) is 0.855. The summed E-state index contributed by atoms with van der Waals surface area (Å²) in [6.07, 6.45) is -0.574. The van der Waals surface area contributed by atoms with Gasteiger partial charge in [0, 0.05) is 9.35 Å². The Labute approximate surface area is 109 Å². The Morgan fingerprint density at radius 3 is 2.73 bits per heavy atom. The van der Waals surface area contributed by atoms with Crippen molar-refractivity contribution < 1.29 is 5.11 Å². The first-order chi connectivity index (χ1) is 7.09. The Bertz CT molecular complexity index is 458. The summed E-state index contributed by atoms with van der Waals surface area (Å²) in [5, 5.41) is 12.1. The molecule has 0 aliphatic rings. The van der Waals surface area contributed by atoms with Crippen LogP contribution >= 0.6 is 50.2 Å². The highest BCUT2D eigenvalue weighted by Gasteiger charge is 2.18. The zero-order chi connectivity index (χ0) is 11.0. The van der Waals surface area contributed by atoms with Gasteiger partial charge in [0.05, 0.1) is 9.21 Å². The maximum Gasteiger partial charge on any atom is 0.123 e. The third-order valence-corrected chi connectivity index (χ3v) is 5.57. The van der Waals surface area contributed by atoms with E-state index in [9.17, 15) is 5.11 Å². The van der Waals surface area contributed by atoms with Crippen molar-refractivity contribution in [3.05, 3.63) is 41.6 Å². The van der Waals surface area contributed by atoms with Crippen LogP contribution in [0.4, 0.5) is 0 Å². The predicted molar refractivity (Wildman–Crippen MR) is 70.1 cm³/mol. The van der Waals surface area contributed by atoms with Gasteiger partial charge < -0.3 is 5.11 Å². The topological polar surface area (TPSA) is 20.2 Å². The predicted octanol–water partition coefficient (Wildman–Crippen LogP) is 4.62. The second-order valence-corrected chi connectivity index (χ2v) is 6.63. The summed E-state index contributed by atoms with van der Waals surface area (Å²) in [7, 11) is 0. The smallest absolute Gasteiger partial charge is 0.123 e. The summed E-state index contributed by atoms with van der Waals surface area (Å²) in [5.41, 5.74) is 1.02. The lowest BCUT2D eigenvalue weighted by Gasteiger charge is -2.06. The minimum atomic E-state index is -0.574. The van der Waals surface area contributed by atoms with Gasteiger partial charge in [-0.15, -0.1) is 22.7 Å². The van der Waals surface area contributed by atoms with Crippen molar-refractivity contribution in [1.29, 1.82) is 0 Å². The minimum absolute atomic E-state index is 0.574. The fourth-order valence-electron chi connectivity index (χ4n) is 1.25. The summed E-state index contributed by atoms with van der Waals surface area (Å²) in [6, 6.07) is 3.87. The molecule has 1 unspecified atom stereocenters. The fraction of sp³-hybridized carbons (Fsp3) is 0.200. The average Bonchev–Trinajstić information content (AvgIpc) is 2.74. The molecule has 0 saturated heterocycles. The standard InChI is InChI=1S/C10H8BrClOS2/c1-5-4-7(15-10(5)12)8(13)9-6(11)2-3-14-9/h2-4,8,13H,1H3. The van der Waals surface area contributed by atoms with Crippen LogP contribution in [0.15, 0.2) is 22.0 Å². The molecule has 0 aliphatic carbocycles. The van der Waals surface area contributed by atoms with Crippen LogP contribution in [0.3, 0.4) is 0 Å². The van der Waals surface area contributed by atoms with E-state index in [1.807, 2.05) is 24.4 Å². The van der Waals surface area contributed by atoms with E-state index in [0.717, 1.165) is 24.1 Å². The molecular weight excluding hydrogens is 316 g/mol. The maximum absolute atomic E-state index is 10.1. The second-order valence-electron chi connectivity index (χ2n) is 3.14. The van der Waals surface area contributed by atoms with E-state index in [2.05, 4.69) is 15.9 Å². The molecule has 2 heterocycles. The Balaban J connectivity index is 2.36. The van der Waals surface area contributed by atoms with Crippen molar-refractivity contribution >= 4 is 50.2 Å². The number of aliphatic hydroxyl groups is 1. The summed E-state index contributed by atoms with van der Waals surface area (Å²) in [4.78, 5) is 1.81. The van der Waals surface area contributed by atoms with Crippen molar-refractivity contribution in [1.82, 2.24) is 0 Å². The van der Waals surface area contributed by atoms with Gasteiger partial charge in [-0.1, -0.05) is 11.6 Å². The van der Waals surface area contributed by atoms with Crippen LogP contribution in [-0.4, -0.2) is 5.11 Å². The number of aliphatic hydroxyl groups excluding tert-OH is 1. The zero-order valence-electron chi connectivity index (χ0n) is 7.83. The molecule has 0 aromatic carbocycles. The van der Waals surface area contributed by atoms with Gasteiger partial charge >= 0.3 is 0 Å². The van der Waals surface area contributed by atoms with Crippen LogP contribution in [0, 0.1) is 6.92 Å². The number of aryl methyl sites for hydroxylation is 1. The van der Waals surface area contributed by atoms with Gasteiger partial charge in [0.2, 0.25) is 0 Å².